The van der Waals surface area contributed by atoms with Gasteiger partial charge in [-0.1, -0.05) is 6.92 Å². The summed E-state index contributed by atoms with van der Waals surface area (Å²) in [5.41, 5.74) is 4.01. The molecule has 2 aromatic rings. The second-order valence-electron chi connectivity index (χ2n) is 4.80. The molecule has 1 aliphatic carbocycles. The molecule has 1 N–H and O–H groups in total. The molecule has 1 atom stereocenters. The van der Waals surface area contributed by atoms with Gasteiger partial charge in [-0.15, -0.1) is 11.3 Å². The van der Waals surface area contributed by atoms with Crippen molar-refractivity contribution in [3.05, 3.63) is 26.9 Å². The van der Waals surface area contributed by atoms with Crippen LogP contribution in [-0.2, 0) is 6.42 Å². The van der Waals surface area contributed by atoms with E-state index in [0.29, 0.717) is 6.04 Å². The zero-order chi connectivity index (χ0) is 12.5. The van der Waals surface area contributed by atoms with Crippen molar-refractivity contribution in [1.29, 1.82) is 0 Å². The first kappa shape index (κ1) is 12.3. The van der Waals surface area contributed by atoms with E-state index in [4.69, 9.17) is 4.98 Å². The molecule has 18 heavy (non-hydrogen) atoms. The van der Waals surface area contributed by atoms with Crippen molar-refractivity contribution in [2.45, 2.75) is 39.2 Å². The lowest BCUT2D eigenvalue weighted by Crippen LogP contribution is -2.23. The maximum absolute atomic E-state index is 4.87. The third-order valence-electron chi connectivity index (χ3n) is 3.49. The number of nitrogens with zero attached hydrogens (tertiary/aromatic N) is 1. The van der Waals surface area contributed by atoms with Gasteiger partial charge in [0.1, 0.15) is 5.01 Å². The third-order valence-corrected chi connectivity index (χ3v) is 5.59. The van der Waals surface area contributed by atoms with Crippen LogP contribution in [0.5, 0.6) is 0 Å². The number of thiazole rings is 1. The number of rotatable bonds is 3. The first-order valence-corrected chi connectivity index (χ1v) is 8.31. The van der Waals surface area contributed by atoms with Crippen LogP contribution < -0.4 is 5.32 Å². The number of aromatic nitrogens is 1. The van der Waals surface area contributed by atoms with Crippen molar-refractivity contribution in [1.82, 2.24) is 10.3 Å². The summed E-state index contributed by atoms with van der Waals surface area (Å²) in [4.78, 5) is 6.35. The minimum atomic E-state index is 0.531. The average Bonchev–Trinajstić information content (AvgIpc) is 2.95. The fourth-order valence-electron chi connectivity index (χ4n) is 2.56. The highest BCUT2D eigenvalue weighted by Gasteiger charge is 2.24. The van der Waals surface area contributed by atoms with Gasteiger partial charge in [-0.2, -0.15) is 11.3 Å². The van der Waals surface area contributed by atoms with Crippen LogP contribution in [-0.4, -0.2) is 11.5 Å². The smallest absolute Gasteiger partial charge is 0.125 e. The van der Waals surface area contributed by atoms with Crippen LogP contribution in [0.15, 0.2) is 10.8 Å². The van der Waals surface area contributed by atoms with E-state index in [-0.39, 0.29) is 0 Å². The summed E-state index contributed by atoms with van der Waals surface area (Å²) in [6.45, 7) is 5.39. The minimum absolute atomic E-state index is 0.531. The van der Waals surface area contributed by atoms with Crippen LogP contribution in [0.2, 0.25) is 0 Å². The summed E-state index contributed by atoms with van der Waals surface area (Å²) in [6, 6.07) is 0.531. The highest BCUT2D eigenvalue weighted by molar-refractivity contribution is 7.16. The van der Waals surface area contributed by atoms with Crippen molar-refractivity contribution < 1.29 is 0 Å². The molecule has 0 bridgehead atoms. The van der Waals surface area contributed by atoms with Gasteiger partial charge in [0.15, 0.2) is 0 Å². The van der Waals surface area contributed by atoms with E-state index < -0.39 is 0 Å². The molecule has 0 radical (unpaired) electrons. The first-order chi connectivity index (χ1) is 8.79. The highest BCUT2D eigenvalue weighted by atomic mass is 32.1. The summed E-state index contributed by atoms with van der Waals surface area (Å²) in [6.07, 6.45) is 3.67. The molecule has 3 rings (SSSR count). The summed E-state index contributed by atoms with van der Waals surface area (Å²) >= 11 is 3.66. The lowest BCUT2D eigenvalue weighted by molar-refractivity contribution is 0.476. The van der Waals surface area contributed by atoms with Gasteiger partial charge in [0, 0.05) is 21.9 Å². The second-order valence-corrected chi connectivity index (χ2v) is 6.58. The maximum atomic E-state index is 4.87. The van der Waals surface area contributed by atoms with Crippen LogP contribution in [0.25, 0.3) is 10.6 Å². The van der Waals surface area contributed by atoms with E-state index in [1.807, 2.05) is 11.3 Å². The van der Waals surface area contributed by atoms with Gasteiger partial charge in [-0.05, 0) is 43.7 Å². The lowest BCUT2D eigenvalue weighted by Gasteiger charge is -2.21. The van der Waals surface area contributed by atoms with Crippen molar-refractivity contribution in [2.24, 2.45) is 0 Å². The predicted molar refractivity (Wildman–Crippen MR) is 79.5 cm³/mol. The number of hydrogen-bond donors (Lipinski definition) is 1. The Hall–Kier alpha value is -0.710. The zero-order valence-electron chi connectivity index (χ0n) is 10.8. The Morgan fingerprint density at radius 2 is 2.33 bits per heavy atom. The van der Waals surface area contributed by atoms with Crippen LogP contribution in [0.3, 0.4) is 0 Å². The second kappa shape index (κ2) is 5.11. The minimum Gasteiger partial charge on any atom is -0.309 e. The monoisotopic (exact) mass is 278 g/mol. The SMILES string of the molecule is CCNC1CCCc2nc(-c3cscc3C)sc21. The van der Waals surface area contributed by atoms with Gasteiger partial charge in [-0.25, -0.2) is 4.98 Å². The van der Waals surface area contributed by atoms with Crippen LogP contribution >= 0.6 is 22.7 Å². The van der Waals surface area contributed by atoms with E-state index in [1.165, 1.54) is 39.5 Å². The summed E-state index contributed by atoms with van der Waals surface area (Å²) in [7, 11) is 0. The summed E-state index contributed by atoms with van der Waals surface area (Å²) < 4.78 is 0. The van der Waals surface area contributed by atoms with Crippen molar-refractivity contribution >= 4 is 22.7 Å². The zero-order valence-corrected chi connectivity index (χ0v) is 12.5. The quantitative estimate of drug-likeness (QED) is 0.911. The summed E-state index contributed by atoms with van der Waals surface area (Å²) in [5, 5.41) is 9.23. The molecule has 96 valence electrons. The van der Waals surface area contributed by atoms with Gasteiger partial charge in [0.2, 0.25) is 0 Å². The normalized spacial score (nSPS) is 18.9. The van der Waals surface area contributed by atoms with Crippen molar-refractivity contribution in [2.75, 3.05) is 6.54 Å². The largest absolute Gasteiger partial charge is 0.309 e. The van der Waals surface area contributed by atoms with E-state index in [1.54, 1.807) is 11.3 Å². The van der Waals surface area contributed by atoms with Crippen LogP contribution in [0.4, 0.5) is 0 Å². The number of fused-ring (bicyclic) bond motifs is 1. The van der Waals surface area contributed by atoms with Crippen LogP contribution in [0, 0.1) is 6.92 Å². The Labute approximate surface area is 116 Å². The van der Waals surface area contributed by atoms with E-state index >= 15 is 0 Å². The Kier molecular flexibility index (Phi) is 3.50. The van der Waals surface area contributed by atoms with E-state index in [0.717, 1.165) is 13.0 Å². The molecule has 0 spiro atoms. The Morgan fingerprint density at radius 1 is 1.44 bits per heavy atom. The molecule has 2 aromatic heterocycles. The highest BCUT2D eigenvalue weighted by Crippen LogP contribution is 2.39. The fraction of sp³-hybridized carbons (Fsp3) is 0.500. The van der Waals surface area contributed by atoms with Gasteiger partial charge < -0.3 is 5.32 Å². The first-order valence-electron chi connectivity index (χ1n) is 6.55. The molecular weight excluding hydrogens is 260 g/mol. The molecule has 4 heteroatoms. The number of thiophene rings is 1. The molecule has 0 amide bonds. The molecule has 2 nitrogen and oxygen atoms in total. The molecule has 0 aromatic carbocycles. The van der Waals surface area contributed by atoms with Gasteiger partial charge in [0.25, 0.3) is 0 Å². The van der Waals surface area contributed by atoms with Crippen molar-refractivity contribution in [3.63, 3.8) is 0 Å². The number of hydrogen-bond acceptors (Lipinski definition) is 4. The Bertz CT molecular complexity index is 542. The van der Waals surface area contributed by atoms with Crippen LogP contribution in [0.1, 0.15) is 41.9 Å². The molecule has 0 saturated carbocycles. The molecule has 0 saturated heterocycles. The molecule has 0 fully saturated rings. The van der Waals surface area contributed by atoms with Crippen molar-refractivity contribution in [3.8, 4) is 10.6 Å². The molecule has 1 aliphatic rings. The third kappa shape index (κ3) is 2.13. The molecule has 0 aliphatic heterocycles. The fourth-order valence-corrected chi connectivity index (χ4v) is 4.77. The van der Waals surface area contributed by atoms with E-state index in [2.05, 4.69) is 29.9 Å². The molecule has 1 unspecified atom stereocenters. The standard InChI is InChI=1S/C14H18N2S2/c1-3-15-11-5-4-6-12-13(11)18-14(16-12)10-8-17-7-9(10)2/h7-8,11,15H,3-6H2,1-2H3. The Morgan fingerprint density at radius 3 is 3.06 bits per heavy atom. The maximum Gasteiger partial charge on any atom is 0.125 e. The lowest BCUT2D eigenvalue weighted by atomic mass is 9.98. The number of aryl methyl sites for hydroxylation is 2. The average molecular weight is 278 g/mol. The molecular formula is C14H18N2S2. The topological polar surface area (TPSA) is 24.9 Å². The number of nitrogens with one attached hydrogen (secondary N) is 1. The van der Waals surface area contributed by atoms with Gasteiger partial charge in [-0.3, -0.25) is 0 Å². The predicted octanol–water partition coefficient (Wildman–Crippen LogP) is 4.17. The van der Waals surface area contributed by atoms with Gasteiger partial charge in [0.05, 0.1) is 5.69 Å². The van der Waals surface area contributed by atoms with E-state index in [9.17, 15) is 0 Å². The summed E-state index contributed by atoms with van der Waals surface area (Å²) in [5.74, 6) is 0. The Balaban J connectivity index is 1.98. The van der Waals surface area contributed by atoms with Gasteiger partial charge >= 0.3 is 0 Å². The molecule has 2 heterocycles.